The quantitative estimate of drug-likeness (QED) is 0.879. The number of nitrogens with one attached hydrogen (secondary N) is 2. The Bertz CT molecular complexity index is 649. The van der Waals surface area contributed by atoms with E-state index < -0.39 is 5.82 Å². The van der Waals surface area contributed by atoms with Crippen molar-refractivity contribution in [3.05, 3.63) is 52.9 Å². The number of amides is 1. The first-order valence-electron chi connectivity index (χ1n) is 6.57. The van der Waals surface area contributed by atoms with E-state index in [9.17, 15) is 9.18 Å². The van der Waals surface area contributed by atoms with Gasteiger partial charge in [0.25, 0.3) is 5.91 Å². The molecule has 0 unspecified atom stereocenters. The molecule has 2 rings (SSSR count). The molecule has 2 aromatic rings. The van der Waals surface area contributed by atoms with Crippen LogP contribution in [0, 0.1) is 5.82 Å². The summed E-state index contributed by atoms with van der Waals surface area (Å²) in [7, 11) is 0. The third-order valence-electron chi connectivity index (χ3n) is 2.77. The molecule has 0 bridgehead atoms. The number of rotatable bonds is 5. The third-order valence-corrected chi connectivity index (χ3v) is 3.06. The second kappa shape index (κ2) is 7.04. The van der Waals surface area contributed by atoms with Crippen LogP contribution in [0.5, 0.6) is 0 Å². The smallest absolute Gasteiger partial charge is 0.259 e. The minimum Gasteiger partial charge on any atom is -0.369 e. The lowest BCUT2D eigenvalue weighted by molar-refractivity contribution is 0.102. The standard InChI is InChI=1S/C15H15ClFN3O/c1-2-7-18-14-11(4-3-8-19-14)15(21)20-10-5-6-13(17)12(16)9-10/h3-6,8-9H,2,7H2,1H3,(H,18,19)(H,20,21). The van der Waals surface area contributed by atoms with Gasteiger partial charge in [-0.05, 0) is 36.8 Å². The first-order chi connectivity index (χ1) is 10.1. The molecule has 0 spiro atoms. The highest BCUT2D eigenvalue weighted by Gasteiger charge is 2.12. The highest BCUT2D eigenvalue weighted by atomic mass is 35.5. The Morgan fingerprint density at radius 1 is 1.38 bits per heavy atom. The lowest BCUT2D eigenvalue weighted by Gasteiger charge is -2.10. The first kappa shape index (κ1) is 15.3. The van der Waals surface area contributed by atoms with Crippen molar-refractivity contribution >= 4 is 29.0 Å². The van der Waals surface area contributed by atoms with Crippen molar-refractivity contribution in [2.24, 2.45) is 0 Å². The Morgan fingerprint density at radius 3 is 2.90 bits per heavy atom. The molecule has 0 saturated carbocycles. The normalized spacial score (nSPS) is 10.2. The van der Waals surface area contributed by atoms with E-state index in [1.165, 1.54) is 18.2 Å². The summed E-state index contributed by atoms with van der Waals surface area (Å²) in [5.41, 5.74) is 0.850. The number of carbonyl (C=O) groups is 1. The maximum Gasteiger partial charge on any atom is 0.259 e. The van der Waals surface area contributed by atoms with Crippen LogP contribution in [0.25, 0.3) is 0 Å². The number of pyridine rings is 1. The summed E-state index contributed by atoms with van der Waals surface area (Å²) < 4.78 is 13.1. The van der Waals surface area contributed by atoms with Crippen molar-refractivity contribution in [2.45, 2.75) is 13.3 Å². The Hall–Kier alpha value is -2.14. The fourth-order valence-electron chi connectivity index (χ4n) is 1.75. The van der Waals surface area contributed by atoms with E-state index in [4.69, 9.17) is 11.6 Å². The zero-order chi connectivity index (χ0) is 15.2. The summed E-state index contributed by atoms with van der Waals surface area (Å²) in [6.45, 7) is 2.75. The van der Waals surface area contributed by atoms with Crippen molar-refractivity contribution in [2.75, 3.05) is 17.2 Å². The molecule has 1 aromatic heterocycles. The van der Waals surface area contributed by atoms with Gasteiger partial charge < -0.3 is 10.6 Å². The van der Waals surface area contributed by atoms with Crippen LogP contribution in [0.2, 0.25) is 5.02 Å². The Morgan fingerprint density at radius 2 is 2.19 bits per heavy atom. The largest absolute Gasteiger partial charge is 0.369 e. The van der Waals surface area contributed by atoms with E-state index in [1.54, 1.807) is 18.3 Å². The zero-order valence-electron chi connectivity index (χ0n) is 11.5. The van der Waals surface area contributed by atoms with Crippen LogP contribution in [0.15, 0.2) is 36.5 Å². The molecular weight excluding hydrogens is 293 g/mol. The van der Waals surface area contributed by atoms with E-state index in [-0.39, 0.29) is 10.9 Å². The summed E-state index contributed by atoms with van der Waals surface area (Å²) >= 11 is 5.69. The predicted molar refractivity (Wildman–Crippen MR) is 82.4 cm³/mol. The number of anilines is 2. The topological polar surface area (TPSA) is 54.0 Å². The molecule has 110 valence electrons. The number of hydrogen-bond donors (Lipinski definition) is 2. The van der Waals surface area contributed by atoms with Crippen molar-refractivity contribution in [3.8, 4) is 0 Å². The van der Waals surface area contributed by atoms with Gasteiger partial charge in [0, 0.05) is 18.4 Å². The van der Waals surface area contributed by atoms with Crippen molar-refractivity contribution in [3.63, 3.8) is 0 Å². The Kier molecular flexibility index (Phi) is 5.11. The monoisotopic (exact) mass is 307 g/mol. The van der Waals surface area contributed by atoms with Gasteiger partial charge in [-0.3, -0.25) is 4.79 Å². The fourth-order valence-corrected chi connectivity index (χ4v) is 1.93. The van der Waals surface area contributed by atoms with Gasteiger partial charge in [-0.2, -0.15) is 0 Å². The molecule has 1 aromatic carbocycles. The molecule has 0 fully saturated rings. The maximum absolute atomic E-state index is 13.1. The summed E-state index contributed by atoms with van der Waals surface area (Å²) in [6, 6.07) is 7.38. The van der Waals surface area contributed by atoms with Gasteiger partial charge in [-0.1, -0.05) is 18.5 Å². The second-order valence-electron chi connectivity index (χ2n) is 4.41. The summed E-state index contributed by atoms with van der Waals surface area (Å²) in [5.74, 6) is -0.337. The summed E-state index contributed by atoms with van der Waals surface area (Å²) in [4.78, 5) is 16.4. The lowest BCUT2D eigenvalue weighted by atomic mass is 10.2. The molecular formula is C15H15ClFN3O. The molecule has 0 saturated heterocycles. The number of nitrogens with zero attached hydrogens (tertiary/aromatic N) is 1. The molecule has 0 aliphatic carbocycles. The highest BCUT2D eigenvalue weighted by molar-refractivity contribution is 6.31. The van der Waals surface area contributed by atoms with Crippen molar-refractivity contribution < 1.29 is 9.18 Å². The average Bonchev–Trinajstić information content (AvgIpc) is 2.49. The number of benzene rings is 1. The van der Waals surface area contributed by atoms with Crippen LogP contribution < -0.4 is 10.6 Å². The predicted octanol–water partition coefficient (Wildman–Crippen LogP) is 3.95. The zero-order valence-corrected chi connectivity index (χ0v) is 12.2. The summed E-state index contributed by atoms with van der Waals surface area (Å²) in [6.07, 6.45) is 2.54. The SMILES string of the molecule is CCCNc1ncccc1C(=O)Nc1ccc(F)c(Cl)c1. The average molecular weight is 308 g/mol. The van der Waals surface area contributed by atoms with Gasteiger partial charge in [0.05, 0.1) is 10.6 Å². The van der Waals surface area contributed by atoms with E-state index in [2.05, 4.69) is 15.6 Å². The molecule has 0 atom stereocenters. The van der Waals surface area contributed by atoms with Crippen LogP contribution >= 0.6 is 11.6 Å². The highest BCUT2D eigenvalue weighted by Crippen LogP contribution is 2.21. The van der Waals surface area contributed by atoms with Crippen LogP contribution in [0.4, 0.5) is 15.9 Å². The number of carbonyl (C=O) groups excluding carboxylic acids is 1. The van der Waals surface area contributed by atoms with Crippen LogP contribution in [-0.2, 0) is 0 Å². The molecule has 0 aliphatic rings. The van der Waals surface area contributed by atoms with Gasteiger partial charge in [0.15, 0.2) is 0 Å². The van der Waals surface area contributed by atoms with Gasteiger partial charge in [-0.15, -0.1) is 0 Å². The minimum atomic E-state index is -0.527. The lowest BCUT2D eigenvalue weighted by Crippen LogP contribution is -2.16. The second-order valence-corrected chi connectivity index (χ2v) is 4.82. The number of aromatic nitrogens is 1. The van der Waals surface area contributed by atoms with Crippen molar-refractivity contribution in [1.82, 2.24) is 4.98 Å². The summed E-state index contributed by atoms with van der Waals surface area (Å²) in [5, 5.41) is 5.73. The van der Waals surface area contributed by atoms with Crippen LogP contribution in [0.1, 0.15) is 23.7 Å². The van der Waals surface area contributed by atoms with Gasteiger partial charge in [0.2, 0.25) is 0 Å². The first-order valence-corrected chi connectivity index (χ1v) is 6.95. The van der Waals surface area contributed by atoms with E-state index in [0.29, 0.717) is 17.1 Å². The fraction of sp³-hybridized carbons (Fsp3) is 0.200. The minimum absolute atomic E-state index is 0.0386. The molecule has 2 N–H and O–H groups in total. The molecule has 4 nitrogen and oxygen atoms in total. The van der Waals surface area contributed by atoms with E-state index in [0.717, 1.165) is 13.0 Å². The molecule has 0 aliphatic heterocycles. The van der Waals surface area contributed by atoms with Gasteiger partial charge in [-0.25, -0.2) is 9.37 Å². The molecule has 6 heteroatoms. The Balaban J connectivity index is 2.18. The molecule has 1 heterocycles. The van der Waals surface area contributed by atoms with E-state index >= 15 is 0 Å². The molecule has 1 amide bonds. The Labute approximate surface area is 127 Å². The van der Waals surface area contributed by atoms with Crippen molar-refractivity contribution in [1.29, 1.82) is 0 Å². The number of hydrogen-bond acceptors (Lipinski definition) is 3. The van der Waals surface area contributed by atoms with Crippen LogP contribution in [-0.4, -0.2) is 17.4 Å². The van der Waals surface area contributed by atoms with Gasteiger partial charge >= 0.3 is 0 Å². The van der Waals surface area contributed by atoms with Crippen LogP contribution in [0.3, 0.4) is 0 Å². The third kappa shape index (κ3) is 3.92. The number of halogens is 2. The van der Waals surface area contributed by atoms with Gasteiger partial charge in [0.1, 0.15) is 11.6 Å². The molecule has 21 heavy (non-hydrogen) atoms. The van der Waals surface area contributed by atoms with E-state index in [1.807, 2.05) is 6.92 Å². The molecule has 0 radical (unpaired) electrons. The maximum atomic E-state index is 13.1.